The summed E-state index contributed by atoms with van der Waals surface area (Å²) in [5.41, 5.74) is 12.5. The zero-order valence-electron chi connectivity index (χ0n) is 27.2. The SMILES string of the molecule is B1c2c(-c3cc4ccccc4cc3Nc3ccc(-c4ccccc4)cc3)cc3ccccc3c2-n2c3sc4ccccc4c3c3cccc1c32. The molecule has 1 N–H and O–H groups in total. The van der Waals surface area contributed by atoms with Crippen LogP contribution in [-0.2, 0) is 0 Å². The fraction of sp³-hybridized carbons (Fsp3) is 0. The Morgan fingerprint density at radius 3 is 2.02 bits per heavy atom. The standard InChI is InChI=1S/C46H29BN2S/c1-2-11-28(12-3-1)29-21-23-33(24-22-29)48-40-27-31-14-5-4-13-30(31)25-37(40)38-26-32-15-6-7-16-34(32)45-43(38)47-39-19-10-18-36-42-35-17-8-9-20-41(35)50-46(42)49(45)44(36)39/h1-27,47-48H. The summed E-state index contributed by atoms with van der Waals surface area (Å²) in [7, 11) is 0.875. The van der Waals surface area contributed by atoms with Crippen LogP contribution in [0, 0.1) is 0 Å². The summed E-state index contributed by atoms with van der Waals surface area (Å²) in [5.74, 6) is 0. The molecule has 0 atom stereocenters. The molecule has 0 spiro atoms. The second-order valence-electron chi connectivity index (χ2n) is 13.4. The van der Waals surface area contributed by atoms with Crippen molar-refractivity contribution in [2.45, 2.75) is 0 Å². The molecule has 2 nitrogen and oxygen atoms in total. The third-order valence-electron chi connectivity index (χ3n) is 10.6. The molecule has 0 saturated heterocycles. The maximum absolute atomic E-state index is 3.87. The summed E-state index contributed by atoms with van der Waals surface area (Å²) in [6, 6.07) is 60.0. The van der Waals surface area contributed by atoms with Crippen LogP contribution in [-0.4, -0.2) is 11.8 Å². The number of para-hydroxylation sites is 1. The van der Waals surface area contributed by atoms with E-state index in [0.29, 0.717) is 0 Å². The molecule has 1 aliphatic rings. The average Bonchev–Trinajstić information content (AvgIpc) is 3.71. The molecule has 0 aliphatic carbocycles. The Balaban J connectivity index is 1.18. The minimum atomic E-state index is 0.875. The van der Waals surface area contributed by atoms with Gasteiger partial charge in [0.2, 0.25) is 0 Å². The Morgan fingerprint density at radius 2 is 1.18 bits per heavy atom. The summed E-state index contributed by atoms with van der Waals surface area (Å²) in [4.78, 5) is 1.33. The van der Waals surface area contributed by atoms with Crippen molar-refractivity contribution in [3.63, 3.8) is 0 Å². The Kier molecular flexibility index (Phi) is 5.95. The van der Waals surface area contributed by atoms with Gasteiger partial charge in [-0.25, -0.2) is 0 Å². The van der Waals surface area contributed by atoms with Crippen LogP contribution in [0.4, 0.5) is 11.4 Å². The fourth-order valence-corrected chi connectivity index (χ4v) is 9.53. The molecule has 0 saturated carbocycles. The van der Waals surface area contributed by atoms with Crippen molar-refractivity contribution in [2.75, 3.05) is 5.32 Å². The molecule has 0 fully saturated rings. The maximum atomic E-state index is 3.87. The van der Waals surface area contributed by atoms with Crippen molar-refractivity contribution in [2.24, 2.45) is 0 Å². The van der Waals surface area contributed by atoms with Gasteiger partial charge in [0.1, 0.15) is 4.83 Å². The van der Waals surface area contributed by atoms with Gasteiger partial charge in [0.15, 0.2) is 7.28 Å². The van der Waals surface area contributed by atoms with E-state index in [2.05, 4.69) is 174 Å². The van der Waals surface area contributed by atoms with E-state index in [4.69, 9.17) is 0 Å². The molecule has 0 amide bonds. The highest BCUT2D eigenvalue weighted by Crippen LogP contribution is 2.45. The first kappa shape index (κ1) is 27.8. The Bertz CT molecular complexity index is 2970. The van der Waals surface area contributed by atoms with Crippen LogP contribution in [0.1, 0.15) is 0 Å². The minimum Gasteiger partial charge on any atom is -0.355 e. The summed E-state index contributed by atoms with van der Waals surface area (Å²) in [6.45, 7) is 0. The van der Waals surface area contributed by atoms with Crippen LogP contribution < -0.4 is 16.2 Å². The lowest BCUT2D eigenvalue weighted by Crippen LogP contribution is -2.37. The number of aromatic nitrogens is 1. The number of benzene rings is 8. The first-order chi connectivity index (χ1) is 24.8. The molecular weight excluding hydrogens is 623 g/mol. The van der Waals surface area contributed by atoms with E-state index in [0.717, 1.165) is 18.7 Å². The van der Waals surface area contributed by atoms with Crippen molar-refractivity contribution in [1.29, 1.82) is 0 Å². The first-order valence-corrected chi connectivity index (χ1v) is 18.0. The van der Waals surface area contributed by atoms with Gasteiger partial charge in [0.25, 0.3) is 0 Å². The molecule has 4 heteroatoms. The highest BCUT2D eigenvalue weighted by atomic mass is 32.1. The lowest BCUT2D eigenvalue weighted by Gasteiger charge is -2.26. The zero-order chi connectivity index (χ0) is 32.8. The van der Waals surface area contributed by atoms with Gasteiger partial charge < -0.3 is 9.88 Å². The van der Waals surface area contributed by atoms with Gasteiger partial charge in [-0.3, -0.25) is 0 Å². The summed E-state index contributed by atoms with van der Waals surface area (Å²) in [6.07, 6.45) is 0. The molecule has 11 rings (SSSR count). The van der Waals surface area contributed by atoms with Gasteiger partial charge in [0.05, 0.1) is 0 Å². The summed E-state index contributed by atoms with van der Waals surface area (Å²) < 4.78 is 3.94. The summed E-state index contributed by atoms with van der Waals surface area (Å²) >= 11 is 1.91. The molecular formula is C46H29BN2S. The predicted molar refractivity (Wildman–Crippen MR) is 218 cm³/mol. The van der Waals surface area contributed by atoms with Crippen LogP contribution >= 0.6 is 11.3 Å². The maximum Gasteiger partial charge on any atom is 0.198 e. The van der Waals surface area contributed by atoms with Crippen molar-refractivity contribution in [1.82, 2.24) is 4.57 Å². The van der Waals surface area contributed by atoms with Crippen LogP contribution in [0.15, 0.2) is 164 Å². The molecule has 50 heavy (non-hydrogen) atoms. The van der Waals surface area contributed by atoms with Gasteiger partial charge in [-0.15, -0.1) is 11.3 Å². The number of hydrogen-bond acceptors (Lipinski definition) is 2. The number of nitrogens with one attached hydrogen (secondary N) is 1. The first-order valence-electron chi connectivity index (χ1n) is 17.2. The van der Waals surface area contributed by atoms with Crippen molar-refractivity contribution >= 4 is 93.7 Å². The van der Waals surface area contributed by atoms with E-state index < -0.39 is 0 Å². The van der Waals surface area contributed by atoms with E-state index in [1.165, 1.54) is 91.6 Å². The van der Waals surface area contributed by atoms with E-state index in [1.54, 1.807) is 0 Å². The van der Waals surface area contributed by atoms with Gasteiger partial charge in [-0.2, -0.15) is 0 Å². The number of nitrogens with zero attached hydrogens (tertiary/aromatic N) is 1. The molecule has 0 unspecified atom stereocenters. The largest absolute Gasteiger partial charge is 0.355 e. The van der Waals surface area contributed by atoms with Gasteiger partial charge >= 0.3 is 0 Å². The van der Waals surface area contributed by atoms with E-state index in [9.17, 15) is 0 Å². The third kappa shape index (κ3) is 4.09. The molecule has 2 aromatic heterocycles. The van der Waals surface area contributed by atoms with Gasteiger partial charge in [-0.1, -0.05) is 133 Å². The monoisotopic (exact) mass is 652 g/mol. The lowest BCUT2D eigenvalue weighted by molar-refractivity contribution is 1.22. The minimum absolute atomic E-state index is 0.875. The molecule has 0 bridgehead atoms. The van der Waals surface area contributed by atoms with E-state index >= 15 is 0 Å². The number of rotatable bonds is 4. The predicted octanol–water partition coefficient (Wildman–Crippen LogP) is 11.1. The van der Waals surface area contributed by atoms with Crippen molar-refractivity contribution in [3.8, 4) is 27.9 Å². The molecule has 10 aromatic rings. The molecule has 0 radical (unpaired) electrons. The van der Waals surface area contributed by atoms with Crippen LogP contribution in [0.2, 0.25) is 0 Å². The zero-order valence-corrected chi connectivity index (χ0v) is 28.0. The second-order valence-corrected chi connectivity index (χ2v) is 14.4. The summed E-state index contributed by atoms with van der Waals surface area (Å²) in [5, 5.41) is 12.9. The number of thiophene rings is 1. The number of anilines is 2. The Hall–Kier alpha value is -6.10. The lowest BCUT2D eigenvalue weighted by atomic mass is 9.58. The molecule has 1 aliphatic heterocycles. The van der Waals surface area contributed by atoms with Gasteiger partial charge in [0, 0.05) is 54.4 Å². The van der Waals surface area contributed by atoms with Crippen LogP contribution in [0.5, 0.6) is 0 Å². The number of hydrogen-bond donors (Lipinski definition) is 1. The third-order valence-corrected chi connectivity index (χ3v) is 11.7. The Labute approximate surface area is 294 Å². The van der Waals surface area contributed by atoms with Crippen molar-refractivity contribution in [3.05, 3.63) is 164 Å². The molecule has 232 valence electrons. The Morgan fingerprint density at radius 1 is 0.520 bits per heavy atom. The highest BCUT2D eigenvalue weighted by Gasteiger charge is 2.29. The smallest absolute Gasteiger partial charge is 0.198 e. The van der Waals surface area contributed by atoms with Crippen molar-refractivity contribution < 1.29 is 0 Å². The molecule has 3 heterocycles. The normalized spacial score (nSPS) is 12.2. The highest BCUT2D eigenvalue weighted by molar-refractivity contribution is 7.25. The quantitative estimate of drug-likeness (QED) is 0.187. The van der Waals surface area contributed by atoms with Crippen LogP contribution in [0.25, 0.3) is 80.7 Å². The second kappa shape index (κ2) is 10.7. The van der Waals surface area contributed by atoms with E-state index in [-0.39, 0.29) is 0 Å². The average molecular weight is 653 g/mol. The van der Waals surface area contributed by atoms with Gasteiger partial charge in [-0.05, 0) is 74.7 Å². The topological polar surface area (TPSA) is 17.0 Å². The molecule has 8 aromatic carbocycles. The number of fused-ring (bicyclic) bond motifs is 10. The fourth-order valence-electron chi connectivity index (χ4n) is 8.30. The van der Waals surface area contributed by atoms with E-state index in [1.807, 2.05) is 11.3 Å². The van der Waals surface area contributed by atoms with Crippen LogP contribution in [0.3, 0.4) is 0 Å².